The van der Waals surface area contributed by atoms with E-state index in [-0.39, 0.29) is 6.10 Å². The van der Waals surface area contributed by atoms with Crippen LogP contribution in [0, 0.1) is 0 Å². The first-order chi connectivity index (χ1) is 8.26. The fraction of sp³-hybridized carbons (Fsp3) is 0.500. The summed E-state index contributed by atoms with van der Waals surface area (Å²) in [5.41, 5.74) is 0. The van der Waals surface area contributed by atoms with Crippen LogP contribution in [0.3, 0.4) is 0 Å². The maximum absolute atomic E-state index is 11.5. The van der Waals surface area contributed by atoms with Crippen molar-refractivity contribution >= 4 is 6.16 Å². The molecule has 0 spiro atoms. The zero-order valence-electron chi connectivity index (χ0n) is 10.5. The zero-order valence-corrected chi connectivity index (χ0v) is 10.5. The van der Waals surface area contributed by atoms with Crippen molar-refractivity contribution in [1.82, 2.24) is 0 Å². The van der Waals surface area contributed by atoms with Gasteiger partial charge in [0.05, 0.1) is 0 Å². The molecule has 0 aliphatic heterocycles. The Labute approximate surface area is 103 Å². The molecule has 3 nitrogen and oxygen atoms in total. The predicted octanol–water partition coefficient (Wildman–Crippen LogP) is 4.17. The van der Waals surface area contributed by atoms with Gasteiger partial charge in [0.1, 0.15) is 11.9 Å². The smallest absolute Gasteiger partial charge is 0.431 e. The first-order valence-electron chi connectivity index (χ1n) is 6.19. The third-order valence-corrected chi connectivity index (χ3v) is 2.43. The van der Waals surface area contributed by atoms with E-state index in [0.717, 1.165) is 25.7 Å². The van der Waals surface area contributed by atoms with E-state index in [4.69, 9.17) is 9.47 Å². The van der Waals surface area contributed by atoms with Crippen molar-refractivity contribution in [3.63, 3.8) is 0 Å². The molecule has 1 aromatic rings. The lowest BCUT2D eigenvalue weighted by Gasteiger charge is -2.15. The van der Waals surface area contributed by atoms with Crippen LogP contribution in [-0.4, -0.2) is 12.3 Å². The van der Waals surface area contributed by atoms with Crippen molar-refractivity contribution in [3.8, 4) is 5.75 Å². The summed E-state index contributed by atoms with van der Waals surface area (Å²) >= 11 is 0. The summed E-state index contributed by atoms with van der Waals surface area (Å²) in [7, 11) is 0. The van der Waals surface area contributed by atoms with Crippen molar-refractivity contribution in [2.75, 3.05) is 0 Å². The van der Waals surface area contributed by atoms with Crippen LogP contribution in [0.1, 0.15) is 39.5 Å². The topological polar surface area (TPSA) is 35.5 Å². The molecule has 0 N–H and O–H groups in total. The Morgan fingerprint density at radius 3 is 2.24 bits per heavy atom. The summed E-state index contributed by atoms with van der Waals surface area (Å²) in [6, 6.07) is 8.97. The molecule has 0 atom stereocenters. The Morgan fingerprint density at radius 1 is 1.12 bits per heavy atom. The maximum Gasteiger partial charge on any atom is 0.514 e. The Balaban J connectivity index is 2.42. The van der Waals surface area contributed by atoms with E-state index in [1.807, 2.05) is 18.2 Å². The summed E-state index contributed by atoms with van der Waals surface area (Å²) in [4.78, 5) is 11.5. The standard InChI is InChI=1S/C14H20O3/c1-3-8-12(9-4-2)16-14(15)17-13-10-6-5-7-11-13/h5-7,10-12H,3-4,8-9H2,1-2H3. The number of hydrogen-bond acceptors (Lipinski definition) is 3. The van der Waals surface area contributed by atoms with Crippen molar-refractivity contribution < 1.29 is 14.3 Å². The Bertz CT molecular complexity index is 315. The van der Waals surface area contributed by atoms with E-state index >= 15 is 0 Å². The molecule has 17 heavy (non-hydrogen) atoms. The molecule has 0 unspecified atom stereocenters. The van der Waals surface area contributed by atoms with E-state index in [1.165, 1.54) is 0 Å². The van der Waals surface area contributed by atoms with Crippen LogP contribution in [0.4, 0.5) is 4.79 Å². The van der Waals surface area contributed by atoms with Crippen LogP contribution in [0.15, 0.2) is 30.3 Å². The third-order valence-electron chi connectivity index (χ3n) is 2.43. The number of rotatable bonds is 6. The summed E-state index contributed by atoms with van der Waals surface area (Å²) in [5.74, 6) is 0.518. The molecule has 0 bridgehead atoms. The lowest BCUT2D eigenvalue weighted by atomic mass is 10.1. The van der Waals surface area contributed by atoms with Gasteiger partial charge in [0.15, 0.2) is 0 Å². The van der Waals surface area contributed by atoms with Crippen LogP contribution < -0.4 is 4.74 Å². The minimum Gasteiger partial charge on any atom is -0.431 e. The second-order valence-corrected chi connectivity index (χ2v) is 3.98. The highest BCUT2D eigenvalue weighted by Crippen LogP contribution is 2.13. The van der Waals surface area contributed by atoms with Gasteiger partial charge in [0.2, 0.25) is 0 Å². The van der Waals surface area contributed by atoms with Gasteiger partial charge in [-0.15, -0.1) is 0 Å². The number of hydrogen-bond donors (Lipinski definition) is 0. The van der Waals surface area contributed by atoms with Crippen LogP contribution >= 0.6 is 0 Å². The van der Waals surface area contributed by atoms with Gasteiger partial charge in [-0.05, 0) is 25.0 Å². The van der Waals surface area contributed by atoms with Gasteiger partial charge in [-0.25, -0.2) is 4.79 Å². The molecule has 0 aliphatic carbocycles. The Kier molecular flexibility index (Phi) is 6.15. The summed E-state index contributed by atoms with van der Waals surface area (Å²) in [6.07, 6.45) is 3.14. The number of carbonyl (C=O) groups excluding carboxylic acids is 1. The monoisotopic (exact) mass is 236 g/mol. The van der Waals surface area contributed by atoms with E-state index in [2.05, 4.69) is 13.8 Å². The lowest BCUT2D eigenvalue weighted by Crippen LogP contribution is -2.20. The van der Waals surface area contributed by atoms with Crippen molar-refractivity contribution in [2.24, 2.45) is 0 Å². The van der Waals surface area contributed by atoms with E-state index in [1.54, 1.807) is 12.1 Å². The van der Waals surface area contributed by atoms with E-state index in [0.29, 0.717) is 5.75 Å². The second-order valence-electron chi connectivity index (χ2n) is 3.98. The van der Waals surface area contributed by atoms with E-state index in [9.17, 15) is 4.79 Å². The van der Waals surface area contributed by atoms with Gasteiger partial charge in [-0.2, -0.15) is 0 Å². The lowest BCUT2D eigenvalue weighted by molar-refractivity contribution is 0.0502. The molecule has 0 amide bonds. The number of para-hydroxylation sites is 1. The number of ether oxygens (including phenoxy) is 2. The minimum absolute atomic E-state index is 0.0267. The van der Waals surface area contributed by atoms with Gasteiger partial charge in [-0.1, -0.05) is 44.9 Å². The van der Waals surface area contributed by atoms with Gasteiger partial charge in [0.25, 0.3) is 0 Å². The summed E-state index contributed by atoms with van der Waals surface area (Å²) in [6.45, 7) is 4.16. The zero-order chi connectivity index (χ0) is 12.5. The average molecular weight is 236 g/mol. The minimum atomic E-state index is -0.608. The average Bonchev–Trinajstić information content (AvgIpc) is 2.30. The molecule has 0 heterocycles. The highest BCUT2D eigenvalue weighted by atomic mass is 16.7. The van der Waals surface area contributed by atoms with Crippen LogP contribution in [0.2, 0.25) is 0 Å². The highest BCUT2D eigenvalue weighted by molar-refractivity contribution is 5.63. The van der Waals surface area contributed by atoms with E-state index < -0.39 is 6.16 Å². The molecule has 0 fully saturated rings. The summed E-state index contributed by atoms with van der Waals surface area (Å²) < 4.78 is 10.4. The first kappa shape index (κ1) is 13.6. The second kappa shape index (κ2) is 7.71. The van der Waals surface area contributed by atoms with Crippen molar-refractivity contribution in [1.29, 1.82) is 0 Å². The molecule has 1 aromatic carbocycles. The molecule has 3 heteroatoms. The molecule has 0 saturated carbocycles. The fourth-order valence-electron chi connectivity index (χ4n) is 1.65. The molecule has 0 aromatic heterocycles. The SMILES string of the molecule is CCCC(CCC)OC(=O)Oc1ccccc1. The predicted molar refractivity (Wildman–Crippen MR) is 67.2 cm³/mol. The largest absolute Gasteiger partial charge is 0.514 e. The third kappa shape index (κ3) is 5.38. The molecule has 94 valence electrons. The maximum atomic E-state index is 11.5. The summed E-state index contributed by atoms with van der Waals surface area (Å²) in [5, 5.41) is 0. The van der Waals surface area contributed by atoms with Crippen LogP contribution in [0.5, 0.6) is 5.75 Å². The quantitative estimate of drug-likeness (QED) is 0.549. The number of carbonyl (C=O) groups is 1. The Hall–Kier alpha value is -1.51. The number of benzene rings is 1. The van der Waals surface area contributed by atoms with Crippen molar-refractivity contribution in [2.45, 2.75) is 45.6 Å². The van der Waals surface area contributed by atoms with Crippen LogP contribution in [0.25, 0.3) is 0 Å². The van der Waals surface area contributed by atoms with Gasteiger partial charge >= 0.3 is 6.16 Å². The van der Waals surface area contributed by atoms with Crippen LogP contribution in [-0.2, 0) is 4.74 Å². The highest BCUT2D eigenvalue weighted by Gasteiger charge is 2.14. The Morgan fingerprint density at radius 2 is 1.71 bits per heavy atom. The molecular formula is C14H20O3. The fourth-order valence-corrected chi connectivity index (χ4v) is 1.65. The van der Waals surface area contributed by atoms with Gasteiger partial charge in [0, 0.05) is 0 Å². The van der Waals surface area contributed by atoms with Gasteiger partial charge < -0.3 is 9.47 Å². The molecule has 0 radical (unpaired) electrons. The van der Waals surface area contributed by atoms with Gasteiger partial charge in [-0.3, -0.25) is 0 Å². The molecule has 1 rings (SSSR count). The molecule has 0 aliphatic rings. The molecular weight excluding hydrogens is 216 g/mol. The first-order valence-corrected chi connectivity index (χ1v) is 6.19. The normalized spacial score (nSPS) is 10.3. The molecule has 0 saturated heterocycles. The van der Waals surface area contributed by atoms with Crippen molar-refractivity contribution in [3.05, 3.63) is 30.3 Å².